The Morgan fingerprint density at radius 2 is 2.11 bits per heavy atom. The molecule has 1 aliphatic heterocycles. The Balaban J connectivity index is 2.01. The highest BCUT2D eigenvalue weighted by molar-refractivity contribution is 8.15. The molecule has 1 saturated heterocycles. The zero-order valence-electron chi connectivity index (χ0n) is 9.16. The van der Waals surface area contributed by atoms with Crippen molar-refractivity contribution in [1.82, 2.24) is 5.32 Å². The van der Waals surface area contributed by atoms with E-state index in [1.54, 1.807) is 12.1 Å². The first-order valence-electron chi connectivity index (χ1n) is 5.02. The fourth-order valence-corrected chi connectivity index (χ4v) is 1.87. The Kier molecular flexibility index (Phi) is 3.73. The molecule has 0 aromatic heterocycles. The second kappa shape index (κ2) is 5.46. The monoisotopic (exact) mass is 263 g/mol. The number of nitrogens with one attached hydrogen (secondary N) is 1. The van der Waals surface area contributed by atoms with Crippen LogP contribution in [0.4, 0.5) is 0 Å². The smallest absolute Gasteiger partial charge is 0.335 e. The van der Waals surface area contributed by atoms with Crippen molar-refractivity contribution in [2.24, 2.45) is 10.2 Å². The summed E-state index contributed by atoms with van der Waals surface area (Å²) in [6, 6.07) is 6.24. The van der Waals surface area contributed by atoms with Crippen LogP contribution in [0.15, 0.2) is 34.5 Å². The number of hydrogen-bond acceptors (Lipinski definition) is 5. The Morgan fingerprint density at radius 3 is 2.67 bits per heavy atom. The van der Waals surface area contributed by atoms with E-state index in [2.05, 4.69) is 15.5 Å². The predicted molar refractivity (Wildman–Crippen MR) is 69.0 cm³/mol. The summed E-state index contributed by atoms with van der Waals surface area (Å²) in [5.41, 5.74) is 0.954. The van der Waals surface area contributed by atoms with E-state index >= 15 is 0 Å². The molecule has 2 rings (SSSR count). The SMILES string of the molecule is O=C1CSC(=NN=Cc2ccc(C(=O)O)cc2)N1. The standard InChI is InChI=1S/C11H9N3O3S/c15-9-6-18-11(13-9)14-12-5-7-1-3-8(4-2-7)10(16)17/h1-5H,6H2,(H,16,17)(H,13,14,15). The summed E-state index contributed by atoms with van der Waals surface area (Å²) >= 11 is 1.29. The Bertz CT molecular complexity index is 537. The molecule has 1 amide bonds. The van der Waals surface area contributed by atoms with Crippen LogP contribution in [0.3, 0.4) is 0 Å². The number of thioether (sulfide) groups is 1. The minimum atomic E-state index is -0.969. The molecule has 1 aromatic rings. The molecule has 92 valence electrons. The third kappa shape index (κ3) is 3.17. The van der Waals surface area contributed by atoms with Crippen LogP contribution in [0.25, 0.3) is 0 Å². The maximum absolute atomic E-state index is 10.9. The third-order valence-corrected chi connectivity index (χ3v) is 2.96. The molecular weight excluding hydrogens is 254 g/mol. The molecule has 1 aliphatic rings. The lowest BCUT2D eigenvalue weighted by Crippen LogP contribution is -2.19. The van der Waals surface area contributed by atoms with E-state index in [4.69, 9.17) is 5.11 Å². The van der Waals surface area contributed by atoms with Gasteiger partial charge in [-0.15, -0.1) is 5.10 Å². The Hall–Kier alpha value is -2.15. The first-order chi connectivity index (χ1) is 8.65. The lowest BCUT2D eigenvalue weighted by atomic mass is 10.1. The number of nitrogens with zero attached hydrogens (tertiary/aromatic N) is 2. The number of carboxylic acid groups (broad SMARTS) is 1. The average Bonchev–Trinajstić information content (AvgIpc) is 2.76. The molecule has 0 radical (unpaired) electrons. The molecule has 1 fully saturated rings. The van der Waals surface area contributed by atoms with Crippen LogP contribution in [0.2, 0.25) is 0 Å². The van der Waals surface area contributed by atoms with Gasteiger partial charge in [0.2, 0.25) is 5.91 Å². The Labute approximate surface area is 107 Å². The van der Waals surface area contributed by atoms with E-state index < -0.39 is 5.97 Å². The van der Waals surface area contributed by atoms with Gasteiger partial charge in [0, 0.05) is 0 Å². The lowest BCUT2D eigenvalue weighted by molar-refractivity contribution is -0.116. The molecule has 1 heterocycles. The van der Waals surface area contributed by atoms with Gasteiger partial charge in [0.15, 0.2) is 5.17 Å². The third-order valence-electron chi connectivity index (χ3n) is 2.10. The molecule has 6 nitrogen and oxygen atoms in total. The summed E-state index contributed by atoms with van der Waals surface area (Å²) in [5.74, 6) is -0.689. The van der Waals surface area contributed by atoms with Crippen molar-refractivity contribution in [2.45, 2.75) is 0 Å². The molecule has 0 atom stereocenters. The minimum absolute atomic E-state index is 0.0836. The molecule has 0 spiro atoms. The summed E-state index contributed by atoms with van der Waals surface area (Å²) in [7, 11) is 0. The number of aromatic carboxylic acids is 1. The average molecular weight is 263 g/mol. The second-order valence-corrected chi connectivity index (χ2v) is 4.38. The quantitative estimate of drug-likeness (QED) is 0.627. The first-order valence-corrected chi connectivity index (χ1v) is 6.01. The number of hydrogen-bond donors (Lipinski definition) is 2. The van der Waals surface area contributed by atoms with Crippen LogP contribution in [-0.4, -0.2) is 34.1 Å². The number of carbonyl (C=O) groups is 2. The van der Waals surface area contributed by atoms with E-state index in [0.29, 0.717) is 10.9 Å². The molecule has 0 bridgehead atoms. The van der Waals surface area contributed by atoms with Crippen LogP contribution < -0.4 is 5.32 Å². The maximum atomic E-state index is 10.9. The van der Waals surface area contributed by atoms with Crippen molar-refractivity contribution < 1.29 is 14.7 Å². The number of carboxylic acids is 1. The number of amidine groups is 1. The molecule has 0 aliphatic carbocycles. The number of carbonyl (C=O) groups excluding carboxylic acids is 1. The topological polar surface area (TPSA) is 91.1 Å². The van der Waals surface area contributed by atoms with Gasteiger partial charge < -0.3 is 10.4 Å². The van der Waals surface area contributed by atoms with E-state index in [1.165, 1.54) is 30.1 Å². The molecule has 7 heteroatoms. The Morgan fingerprint density at radius 1 is 1.39 bits per heavy atom. The van der Waals surface area contributed by atoms with Crippen molar-refractivity contribution >= 4 is 35.0 Å². The van der Waals surface area contributed by atoms with Gasteiger partial charge in [-0.3, -0.25) is 4.79 Å². The van der Waals surface area contributed by atoms with Crippen LogP contribution in [0.1, 0.15) is 15.9 Å². The van der Waals surface area contributed by atoms with Crippen molar-refractivity contribution in [3.05, 3.63) is 35.4 Å². The van der Waals surface area contributed by atoms with Crippen LogP contribution >= 0.6 is 11.8 Å². The number of amides is 1. The lowest BCUT2D eigenvalue weighted by Gasteiger charge is -1.94. The zero-order valence-corrected chi connectivity index (χ0v) is 9.98. The van der Waals surface area contributed by atoms with E-state index in [9.17, 15) is 9.59 Å². The second-order valence-electron chi connectivity index (χ2n) is 3.41. The zero-order chi connectivity index (χ0) is 13.0. The summed E-state index contributed by atoms with van der Waals surface area (Å²) in [5, 5.41) is 19.4. The largest absolute Gasteiger partial charge is 0.478 e. The normalized spacial score (nSPS) is 17.3. The van der Waals surface area contributed by atoms with Crippen molar-refractivity contribution in [3.8, 4) is 0 Å². The van der Waals surface area contributed by atoms with E-state index in [1.807, 2.05) is 0 Å². The van der Waals surface area contributed by atoms with E-state index in [-0.39, 0.29) is 11.5 Å². The van der Waals surface area contributed by atoms with Gasteiger partial charge in [-0.25, -0.2) is 4.79 Å². The van der Waals surface area contributed by atoms with Crippen molar-refractivity contribution in [2.75, 3.05) is 5.75 Å². The van der Waals surface area contributed by atoms with Gasteiger partial charge in [0.25, 0.3) is 0 Å². The van der Waals surface area contributed by atoms with Crippen LogP contribution in [0, 0.1) is 0 Å². The molecule has 1 aromatic carbocycles. The summed E-state index contributed by atoms with van der Waals surface area (Å²) in [6.45, 7) is 0. The molecule has 0 unspecified atom stereocenters. The number of benzene rings is 1. The summed E-state index contributed by atoms with van der Waals surface area (Å²) < 4.78 is 0. The van der Waals surface area contributed by atoms with Gasteiger partial charge >= 0.3 is 5.97 Å². The fraction of sp³-hybridized carbons (Fsp3) is 0.0909. The van der Waals surface area contributed by atoms with Gasteiger partial charge in [0.05, 0.1) is 17.5 Å². The predicted octanol–water partition coefficient (Wildman–Crippen LogP) is 0.938. The van der Waals surface area contributed by atoms with Crippen LogP contribution in [-0.2, 0) is 4.79 Å². The number of rotatable bonds is 3. The van der Waals surface area contributed by atoms with Gasteiger partial charge in [-0.2, -0.15) is 5.10 Å². The highest BCUT2D eigenvalue weighted by atomic mass is 32.2. The molecule has 0 saturated carbocycles. The molecule has 2 N–H and O–H groups in total. The maximum Gasteiger partial charge on any atom is 0.335 e. The van der Waals surface area contributed by atoms with Crippen LogP contribution in [0.5, 0.6) is 0 Å². The van der Waals surface area contributed by atoms with E-state index in [0.717, 1.165) is 5.56 Å². The first kappa shape index (κ1) is 12.3. The van der Waals surface area contributed by atoms with Gasteiger partial charge in [0.1, 0.15) is 0 Å². The minimum Gasteiger partial charge on any atom is -0.478 e. The highest BCUT2D eigenvalue weighted by Gasteiger charge is 2.15. The summed E-state index contributed by atoms with van der Waals surface area (Å²) in [4.78, 5) is 21.5. The van der Waals surface area contributed by atoms with Gasteiger partial charge in [-0.05, 0) is 17.7 Å². The highest BCUT2D eigenvalue weighted by Crippen LogP contribution is 2.08. The molecule has 18 heavy (non-hydrogen) atoms. The summed E-state index contributed by atoms with van der Waals surface area (Å²) in [6.07, 6.45) is 1.49. The molecular formula is C11H9N3O3S. The van der Waals surface area contributed by atoms with Crippen molar-refractivity contribution in [3.63, 3.8) is 0 Å². The fourth-order valence-electron chi connectivity index (χ4n) is 1.24. The van der Waals surface area contributed by atoms with Crippen molar-refractivity contribution in [1.29, 1.82) is 0 Å². The van der Waals surface area contributed by atoms with Gasteiger partial charge in [-0.1, -0.05) is 23.9 Å².